The van der Waals surface area contributed by atoms with Crippen LogP contribution in [0, 0.1) is 0 Å². The van der Waals surface area contributed by atoms with Crippen LogP contribution in [-0.2, 0) is 0 Å². The van der Waals surface area contributed by atoms with E-state index in [0.717, 1.165) is 31.6 Å². The molecule has 1 amide bonds. The lowest BCUT2D eigenvalue weighted by Gasteiger charge is -2.45. The quantitative estimate of drug-likeness (QED) is 0.369. The molecule has 2 fully saturated rings. The largest absolute Gasteiger partial charge is 0.454 e. The predicted molar refractivity (Wildman–Crippen MR) is 147 cm³/mol. The van der Waals surface area contributed by atoms with Crippen molar-refractivity contribution in [1.29, 1.82) is 0 Å². The minimum Gasteiger partial charge on any atom is -0.454 e. The Morgan fingerprint density at radius 3 is 2.35 bits per heavy atom. The number of anilines is 1. The highest BCUT2D eigenvalue weighted by atomic mass is 35.5. The zero-order valence-electron chi connectivity index (χ0n) is 21.0. The molecular formula is C31H33ClN2O3. The third-order valence-corrected chi connectivity index (χ3v) is 8.49. The average Bonchev–Trinajstić information content (AvgIpc) is 3.43. The van der Waals surface area contributed by atoms with Crippen LogP contribution in [0.2, 0.25) is 5.02 Å². The summed E-state index contributed by atoms with van der Waals surface area (Å²) in [5.74, 6) is 1.89. The second kappa shape index (κ2) is 10.8. The lowest BCUT2D eigenvalue weighted by atomic mass is 9.78. The van der Waals surface area contributed by atoms with Gasteiger partial charge in [0.1, 0.15) is 0 Å². The van der Waals surface area contributed by atoms with E-state index in [0.29, 0.717) is 34.0 Å². The number of rotatable bonds is 5. The molecule has 0 unspecified atom stereocenters. The number of likely N-dealkylation sites (tertiary alicyclic amines) is 1. The van der Waals surface area contributed by atoms with Gasteiger partial charge in [0.05, 0.1) is 0 Å². The molecule has 3 aliphatic rings. The number of halogens is 1. The number of nitrogens with zero attached hydrogens (tertiary/aromatic N) is 2. The number of fused-ring (bicyclic) bond motifs is 1. The Kier molecular flexibility index (Phi) is 7.08. The molecule has 3 aromatic rings. The molecule has 6 rings (SSSR count). The minimum atomic E-state index is -0.0149. The number of amides is 1. The number of carbonyl (C=O) groups is 1. The molecule has 1 saturated heterocycles. The van der Waals surface area contributed by atoms with Crippen LogP contribution < -0.4 is 14.4 Å². The number of benzene rings is 3. The summed E-state index contributed by atoms with van der Waals surface area (Å²) in [5.41, 5.74) is 2.96. The van der Waals surface area contributed by atoms with E-state index in [4.69, 9.17) is 21.1 Å². The van der Waals surface area contributed by atoms with E-state index in [2.05, 4.69) is 35.2 Å². The number of hydrogen-bond acceptors (Lipinski definition) is 4. The fourth-order valence-corrected chi connectivity index (χ4v) is 6.50. The first kappa shape index (κ1) is 24.3. The summed E-state index contributed by atoms with van der Waals surface area (Å²) < 4.78 is 11.0. The van der Waals surface area contributed by atoms with Crippen LogP contribution in [0.25, 0.3) is 0 Å². The summed E-state index contributed by atoms with van der Waals surface area (Å²) in [7, 11) is 0. The van der Waals surface area contributed by atoms with Gasteiger partial charge in [0.25, 0.3) is 5.91 Å². The minimum absolute atomic E-state index is 0.0149. The number of piperidine rings is 1. The summed E-state index contributed by atoms with van der Waals surface area (Å²) in [4.78, 5) is 18.6. The fourth-order valence-electron chi connectivity index (χ4n) is 6.38. The Bertz CT molecular complexity index is 1220. The summed E-state index contributed by atoms with van der Waals surface area (Å²) >= 11 is 6.19. The van der Waals surface area contributed by atoms with Gasteiger partial charge in [-0.1, -0.05) is 54.8 Å². The summed E-state index contributed by atoms with van der Waals surface area (Å²) in [6, 6.07) is 24.8. The van der Waals surface area contributed by atoms with Gasteiger partial charge in [-0.25, -0.2) is 0 Å². The Hall–Kier alpha value is -3.02. The smallest absolute Gasteiger partial charge is 0.258 e. The van der Waals surface area contributed by atoms with Crippen LogP contribution in [0.1, 0.15) is 60.4 Å². The van der Waals surface area contributed by atoms with E-state index in [1.807, 2.05) is 41.3 Å². The maximum atomic E-state index is 13.9. The van der Waals surface area contributed by atoms with Crippen LogP contribution in [0.3, 0.4) is 0 Å². The van der Waals surface area contributed by atoms with E-state index >= 15 is 0 Å². The highest BCUT2D eigenvalue weighted by Crippen LogP contribution is 2.39. The maximum Gasteiger partial charge on any atom is 0.258 e. The third kappa shape index (κ3) is 5.07. The lowest BCUT2D eigenvalue weighted by molar-refractivity contribution is 0.0894. The highest BCUT2D eigenvalue weighted by molar-refractivity contribution is 6.30. The number of carbonyl (C=O) groups excluding carboxylic acids is 1. The van der Waals surface area contributed by atoms with Crippen molar-refractivity contribution in [3.8, 4) is 11.5 Å². The van der Waals surface area contributed by atoms with Gasteiger partial charge in [-0.2, -0.15) is 0 Å². The Morgan fingerprint density at radius 2 is 1.57 bits per heavy atom. The molecule has 37 heavy (non-hydrogen) atoms. The van der Waals surface area contributed by atoms with E-state index in [-0.39, 0.29) is 18.7 Å². The summed E-state index contributed by atoms with van der Waals surface area (Å²) in [5, 5.41) is 0.665. The highest BCUT2D eigenvalue weighted by Gasteiger charge is 2.36. The molecule has 1 aliphatic carbocycles. The van der Waals surface area contributed by atoms with Crippen LogP contribution in [0.4, 0.5) is 5.69 Å². The third-order valence-electron chi connectivity index (χ3n) is 8.23. The molecule has 0 N–H and O–H groups in total. The Balaban J connectivity index is 1.22. The van der Waals surface area contributed by atoms with E-state index in [1.165, 1.54) is 31.2 Å². The van der Waals surface area contributed by atoms with Gasteiger partial charge in [-0.3, -0.25) is 9.69 Å². The molecule has 0 aromatic heterocycles. The molecule has 1 saturated carbocycles. The van der Waals surface area contributed by atoms with Gasteiger partial charge >= 0.3 is 0 Å². The molecule has 0 radical (unpaired) electrons. The predicted octanol–water partition coefficient (Wildman–Crippen LogP) is 6.91. The molecule has 3 aromatic carbocycles. The first-order valence-corrected chi connectivity index (χ1v) is 13.8. The monoisotopic (exact) mass is 516 g/mol. The second-order valence-corrected chi connectivity index (χ2v) is 10.8. The summed E-state index contributed by atoms with van der Waals surface area (Å²) in [6.45, 7) is 2.19. The van der Waals surface area contributed by atoms with Crippen LogP contribution in [0.15, 0.2) is 72.8 Å². The first-order valence-electron chi connectivity index (χ1n) is 13.4. The maximum absolute atomic E-state index is 13.9. The van der Waals surface area contributed by atoms with Crippen LogP contribution in [-0.4, -0.2) is 42.8 Å². The number of ether oxygens (including phenoxy) is 2. The Morgan fingerprint density at radius 1 is 0.838 bits per heavy atom. The lowest BCUT2D eigenvalue weighted by Crippen LogP contribution is -2.51. The SMILES string of the molecule is O=C(c1ccc2c(c1)OCO2)N(c1ccc(Cl)cc1)C1CCN([C@@H]2CCCC[C@@H]2c2ccccc2)CC1. The first-order chi connectivity index (χ1) is 18.2. The fraction of sp³-hybridized carbons (Fsp3) is 0.387. The van der Waals surface area contributed by atoms with Crippen LogP contribution in [0.5, 0.6) is 11.5 Å². The van der Waals surface area contributed by atoms with E-state index < -0.39 is 0 Å². The van der Waals surface area contributed by atoms with E-state index in [1.54, 1.807) is 6.07 Å². The molecule has 2 heterocycles. The van der Waals surface area contributed by atoms with Gasteiger partial charge in [0.2, 0.25) is 6.79 Å². The molecular weight excluding hydrogens is 484 g/mol. The molecule has 5 nitrogen and oxygen atoms in total. The van der Waals surface area contributed by atoms with Crippen LogP contribution >= 0.6 is 11.6 Å². The molecule has 0 spiro atoms. The van der Waals surface area contributed by atoms with Crippen molar-refractivity contribution in [2.75, 3.05) is 24.8 Å². The van der Waals surface area contributed by atoms with Gasteiger partial charge in [0.15, 0.2) is 11.5 Å². The van der Waals surface area contributed by atoms with Crippen molar-refractivity contribution in [2.24, 2.45) is 0 Å². The van der Waals surface area contributed by atoms with Crippen molar-refractivity contribution in [2.45, 2.75) is 56.5 Å². The van der Waals surface area contributed by atoms with Gasteiger partial charge in [-0.05, 0) is 79.6 Å². The number of hydrogen-bond donors (Lipinski definition) is 0. The topological polar surface area (TPSA) is 42.0 Å². The van der Waals surface area contributed by atoms with Gasteiger partial charge in [-0.15, -0.1) is 0 Å². The summed E-state index contributed by atoms with van der Waals surface area (Å²) in [6.07, 6.45) is 7.00. The van der Waals surface area contributed by atoms with Crippen molar-refractivity contribution in [3.63, 3.8) is 0 Å². The zero-order chi connectivity index (χ0) is 25.2. The second-order valence-electron chi connectivity index (χ2n) is 10.4. The van der Waals surface area contributed by atoms with Crippen molar-refractivity contribution in [1.82, 2.24) is 4.90 Å². The Labute approximate surface area is 223 Å². The molecule has 2 aliphatic heterocycles. The molecule has 2 atom stereocenters. The van der Waals surface area contributed by atoms with Gasteiger partial charge in [0, 0.05) is 41.4 Å². The normalized spacial score (nSPS) is 22.1. The average molecular weight is 517 g/mol. The molecule has 0 bridgehead atoms. The van der Waals surface area contributed by atoms with Crippen molar-refractivity contribution < 1.29 is 14.3 Å². The van der Waals surface area contributed by atoms with Crippen molar-refractivity contribution >= 4 is 23.2 Å². The standard InChI is InChI=1S/C31H33ClN2O3/c32-24-11-13-25(14-12-24)34(31(35)23-10-15-29-30(20-23)37-21-36-29)26-16-18-33(19-17-26)28-9-5-4-8-27(28)22-6-2-1-3-7-22/h1-3,6-7,10-15,20,26-28H,4-5,8-9,16-19,21H2/t27-,28-/m1/s1. The van der Waals surface area contributed by atoms with Crippen molar-refractivity contribution in [3.05, 3.63) is 88.9 Å². The molecule has 6 heteroatoms. The molecule has 192 valence electrons. The zero-order valence-corrected chi connectivity index (χ0v) is 21.8. The van der Waals surface area contributed by atoms with Gasteiger partial charge < -0.3 is 14.4 Å². The van der Waals surface area contributed by atoms with E-state index in [9.17, 15) is 4.79 Å².